The predicted octanol–water partition coefficient (Wildman–Crippen LogP) is 0.928. The molecule has 1 aromatic carbocycles. The molecule has 0 spiro atoms. The maximum atomic E-state index is 11.6. The minimum Gasteiger partial charge on any atom is -0.484 e. The number of rotatable bonds is 1. The highest BCUT2D eigenvalue weighted by atomic mass is 16.5. The van der Waals surface area contributed by atoms with Crippen LogP contribution in [0.1, 0.15) is 22.8 Å². The molecule has 3 rings (SSSR count). The lowest BCUT2D eigenvalue weighted by atomic mass is 9.91. The first-order valence-electron chi connectivity index (χ1n) is 5.62. The Balaban J connectivity index is 2.11. The summed E-state index contributed by atoms with van der Waals surface area (Å²) >= 11 is 0. The summed E-state index contributed by atoms with van der Waals surface area (Å²) in [5, 5.41) is 0. The highest BCUT2D eigenvalue weighted by Gasteiger charge is 2.36. The van der Waals surface area contributed by atoms with Crippen LogP contribution in [-0.2, 0) is 16.0 Å². The number of esters is 1. The number of carbonyl (C=O) groups is 3. The van der Waals surface area contributed by atoms with Crippen LogP contribution in [0.2, 0.25) is 0 Å². The van der Waals surface area contributed by atoms with Crippen LogP contribution in [0.25, 0.3) is 0 Å². The first-order chi connectivity index (χ1) is 8.58. The van der Waals surface area contributed by atoms with E-state index in [1.54, 1.807) is 12.1 Å². The van der Waals surface area contributed by atoms with Crippen LogP contribution in [0.4, 0.5) is 0 Å². The van der Waals surface area contributed by atoms with Gasteiger partial charge in [0.15, 0.2) is 6.61 Å². The van der Waals surface area contributed by atoms with E-state index in [1.165, 1.54) is 6.92 Å². The molecule has 0 saturated carbocycles. The SMILES string of the molecule is CC(=O)C1Cc2c(ccc3c2OCC3=O)OC1=O. The standard InChI is InChI=1S/C13H10O5/c1-6(14)8-4-9-11(18-13(8)16)3-2-7-10(15)5-17-12(7)9/h2-3,8H,4-5H2,1H3. The van der Waals surface area contributed by atoms with Gasteiger partial charge in [0.05, 0.1) is 5.56 Å². The molecule has 2 heterocycles. The van der Waals surface area contributed by atoms with Crippen molar-refractivity contribution >= 4 is 17.5 Å². The largest absolute Gasteiger partial charge is 0.484 e. The van der Waals surface area contributed by atoms with Gasteiger partial charge in [-0.25, -0.2) is 0 Å². The molecule has 0 saturated heterocycles. The third-order valence-electron chi connectivity index (χ3n) is 3.26. The molecule has 2 aliphatic heterocycles. The van der Waals surface area contributed by atoms with E-state index in [4.69, 9.17) is 9.47 Å². The van der Waals surface area contributed by atoms with Crippen molar-refractivity contribution in [1.82, 2.24) is 0 Å². The van der Waals surface area contributed by atoms with Crippen LogP contribution in [0.3, 0.4) is 0 Å². The number of carbonyl (C=O) groups excluding carboxylic acids is 3. The molecule has 5 heteroatoms. The second-order valence-corrected chi connectivity index (χ2v) is 4.42. The van der Waals surface area contributed by atoms with Crippen LogP contribution in [-0.4, -0.2) is 24.1 Å². The minimum atomic E-state index is -0.802. The molecule has 1 atom stereocenters. The van der Waals surface area contributed by atoms with E-state index in [2.05, 4.69) is 0 Å². The Hall–Kier alpha value is -2.17. The summed E-state index contributed by atoms with van der Waals surface area (Å²) in [7, 11) is 0. The molecular weight excluding hydrogens is 236 g/mol. The molecule has 0 radical (unpaired) electrons. The Bertz CT molecular complexity index is 587. The number of ketones is 2. The monoisotopic (exact) mass is 246 g/mol. The molecule has 0 fully saturated rings. The Morgan fingerprint density at radius 1 is 1.33 bits per heavy atom. The van der Waals surface area contributed by atoms with Gasteiger partial charge in [0.1, 0.15) is 23.2 Å². The number of hydrogen-bond donors (Lipinski definition) is 0. The second kappa shape index (κ2) is 3.66. The van der Waals surface area contributed by atoms with Crippen LogP contribution in [0.15, 0.2) is 12.1 Å². The third-order valence-corrected chi connectivity index (χ3v) is 3.26. The molecular formula is C13H10O5. The van der Waals surface area contributed by atoms with Gasteiger partial charge in [-0.05, 0) is 19.1 Å². The van der Waals surface area contributed by atoms with Crippen molar-refractivity contribution in [3.63, 3.8) is 0 Å². The van der Waals surface area contributed by atoms with Gasteiger partial charge in [0.2, 0.25) is 5.78 Å². The van der Waals surface area contributed by atoms with Gasteiger partial charge in [0.25, 0.3) is 0 Å². The second-order valence-electron chi connectivity index (χ2n) is 4.42. The lowest BCUT2D eigenvalue weighted by Gasteiger charge is -2.22. The fraction of sp³-hybridized carbons (Fsp3) is 0.308. The first-order valence-corrected chi connectivity index (χ1v) is 5.62. The predicted molar refractivity (Wildman–Crippen MR) is 59.8 cm³/mol. The van der Waals surface area contributed by atoms with Gasteiger partial charge in [-0.3, -0.25) is 14.4 Å². The van der Waals surface area contributed by atoms with E-state index in [9.17, 15) is 14.4 Å². The van der Waals surface area contributed by atoms with E-state index < -0.39 is 11.9 Å². The number of hydrogen-bond acceptors (Lipinski definition) is 5. The summed E-state index contributed by atoms with van der Waals surface area (Å²) in [5.74, 6) is -0.846. The third kappa shape index (κ3) is 1.44. The van der Waals surface area contributed by atoms with Crippen LogP contribution in [0, 0.1) is 5.92 Å². The number of ether oxygens (including phenoxy) is 2. The van der Waals surface area contributed by atoms with Gasteiger partial charge in [-0.2, -0.15) is 0 Å². The highest BCUT2D eigenvalue weighted by molar-refractivity contribution is 6.04. The molecule has 2 aliphatic rings. The van der Waals surface area contributed by atoms with E-state index >= 15 is 0 Å². The zero-order valence-corrected chi connectivity index (χ0v) is 9.69. The Morgan fingerprint density at radius 2 is 2.11 bits per heavy atom. The van der Waals surface area contributed by atoms with Crippen molar-refractivity contribution in [1.29, 1.82) is 0 Å². The van der Waals surface area contributed by atoms with Gasteiger partial charge in [-0.15, -0.1) is 0 Å². The quantitative estimate of drug-likeness (QED) is 0.419. The van der Waals surface area contributed by atoms with E-state index in [0.717, 1.165) is 0 Å². The first kappa shape index (κ1) is 11.0. The lowest BCUT2D eigenvalue weighted by molar-refractivity contribution is -0.144. The fourth-order valence-corrected chi connectivity index (χ4v) is 2.28. The van der Waals surface area contributed by atoms with Crippen molar-refractivity contribution in [2.75, 3.05) is 6.61 Å². The summed E-state index contributed by atoms with van der Waals surface area (Å²) < 4.78 is 10.4. The molecule has 1 unspecified atom stereocenters. The molecule has 0 bridgehead atoms. The van der Waals surface area contributed by atoms with E-state index in [1.807, 2.05) is 0 Å². The van der Waals surface area contributed by atoms with Crippen LogP contribution in [0.5, 0.6) is 11.5 Å². The van der Waals surface area contributed by atoms with E-state index in [-0.39, 0.29) is 24.6 Å². The zero-order valence-electron chi connectivity index (χ0n) is 9.69. The van der Waals surface area contributed by atoms with Crippen molar-refractivity contribution in [2.45, 2.75) is 13.3 Å². The van der Waals surface area contributed by atoms with Crippen molar-refractivity contribution in [2.24, 2.45) is 5.92 Å². The van der Waals surface area contributed by atoms with Gasteiger partial charge in [-0.1, -0.05) is 0 Å². The summed E-state index contributed by atoms with van der Waals surface area (Å²) in [6.07, 6.45) is 0.236. The Morgan fingerprint density at radius 3 is 2.83 bits per heavy atom. The maximum Gasteiger partial charge on any atom is 0.322 e. The molecule has 0 aromatic heterocycles. The van der Waals surface area contributed by atoms with Gasteiger partial charge >= 0.3 is 5.97 Å². The van der Waals surface area contributed by atoms with Gasteiger partial charge < -0.3 is 9.47 Å². The maximum absolute atomic E-state index is 11.6. The lowest BCUT2D eigenvalue weighted by Crippen LogP contribution is -2.32. The van der Waals surface area contributed by atoms with Crippen LogP contribution >= 0.6 is 0 Å². The average Bonchev–Trinajstić information content (AvgIpc) is 2.70. The summed E-state index contributed by atoms with van der Waals surface area (Å²) in [6.45, 7) is 1.36. The Labute approximate surface area is 103 Å². The average molecular weight is 246 g/mol. The molecule has 0 aliphatic carbocycles. The highest BCUT2D eigenvalue weighted by Crippen LogP contribution is 2.40. The summed E-state index contributed by atoms with van der Waals surface area (Å²) in [6, 6.07) is 3.17. The number of benzene rings is 1. The molecule has 18 heavy (non-hydrogen) atoms. The van der Waals surface area contributed by atoms with Crippen molar-refractivity contribution < 1.29 is 23.9 Å². The van der Waals surface area contributed by atoms with Gasteiger partial charge in [0, 0.05) is 12.0 Å². The number of Topliss-reactive ketones (excluding diaryl/α,β-unsaturated/α-hetero) is 2. The Kier molecular flexibility index (Phi) is 2.23. The van der Waals surface area contributed by atoms with Crippen molar-refractivity contribution in [3.05, 3.63) is 23.3 Å². The fourth-order valence-electron chi connectivity index (χ4n) is 2.28. The molecule has 5 nitrogen and oxygen atoms in total. The topological polar surface area (TPSA) is 69.7 Å². The molecule has 0 N–H and O–H groups in total. The summed E-state index contributed by atoms with van der Waals surface area (Å²) in [5.41, 5.74) is 1.13. The molecule has 1 aromatic rings. The van der Waals surface area contributed by atoms with E-state index in [0.29, 0.717) is 22.6 Å². The summed E-state index contributed by atoms with van der Waals surface area (Å²) in [4.78, 5) is 34.5. The van der Waals surface area contributed by atoms with Crippen LogP contribution < -0.4 is 9.47 Å². The van der Waals surface area contributed by atoms with Crippen molar-refractivity contribution in [3.8, 4) is 11.5 Å². The zero-order chi connectivity index (χ0) is 12.9. The normalized spacial score (nSPS) is 20.8. The minimum absolute atomic E-state index is 0.00444. The number of fused-ring (bicyclic) bond motifs is 3. The smallest absolute Gasteiger partial charge is 0.322 e. The molecule has 92 valence electrons. The molecule has 0 amide bonds.